The lowest BCUT2D eigenvalue weighted by Gasteiger charge is -2.04. The molecule has 5 nitrogen and oxygen atoms in total. The largest absolute Gasteiger partial charge is 0.395 e. The lowest BCUT2D eigenvalue weighted by atomic mass is 10.2. The lowest BCUT2D eigenvalue weighted by Crippen LogP contribution is -2.04. The normalized spacial score (nSPS) is 9.87. The summed E-state index contributed by atoms with van der Waals surface area (Å²) in [5.41, 5.74) is 6.54. The minimum atomic E-state index is 0.347. The van der Waals surface area contributed by atoms with Gasteiger partial charge in [0.05, 0.1) is 21.0 Å². The van der Waals surface area contributed by atoms with Gasteiger partial charge in [0.1, 0.15) is 6.07 Å². The van der Waals surface area contributed by atoms with E-state index in [1.165, 1.54) is 0 Å². The van der Waals surface area contributed by atoms with Crippen LogP contribution in [0.15, 0.2) is 24.7 Å². The molecular weight excluding hydrogens is 305 g/mol. The predicted molar refractivity (Wildman–Crippen MR) is 63.2 cm³/mol. The second kappa shape index (κ2) is 3.86. The fraction of sp³-hybridized carbons (Fsp3) is 0. The predicted octanol–water partition coefficient (Wildman–Crippen LogP) is 1.33. The van der Waals surface area contributed by atoms with E-state index in [0.717, 1.165) is 3.57 Å². The number of nitrogens with zero attached hydrogens (tertiary/aromatic N) is 4. The molecule has 0 aliphatic heterocycles. The van der Waals surface area contributed by atoms with Crippen LogP contribution in [0.1, 0.15) is 5.56 Å². The topological polar surface area (TPSA) is 80.5 Å². The van der Waals surface area contributed by atoms with Crippen molar-refractivity contribution in [3.8, 4) is 11.9 Å². The van der Waals surface area contributed by atoms with Crippen LogP contribution in [0.4, 0.5) is 5.69 Å². The number of hydrogen-bond donors (Lipinski definition) is 1. The molecule has 74 valence electrons. The highest BCUT2D eigenvalue weighted by atomic mass is 127. The molecule has 0 atom stereocenters. The molecule has 2 N–H and O–H groups in total. The lowest BCUT2D eigenvalue weighted by molar-refractivity contribution is 0.849. The summed E-state index contributed by atoms with van der Waals surface area (Å²) in [5, 5.41) is 12.9. The molecule has 0 unspecified atom stereocenters. The van der Waals surface area contributed by atoms with Crippen LogP contribution in [0, 0.1) is 14.9 Å². The van der Waals surface area contributed by atoms with Gasteiger partial charge in [-0.15, -0.1) is 0 Å². The maximum Gasteiger partial charge on any atom is 0.177 e. The summed E-state index contributed by atoms with van der Waals surface area (Å²) in [6.45, 7) is 0. The van der Waals surface area contributed by atoms with Crippen LogP contribution in [0.25, 0.3) is 5.82 Å². The van der Waals surface area contributed by atoms with Crippen LogP contribution < -0.4 is 5.73 Å². The SMILES string of the molecule is N#Cc1ccnc(-n2cc(I)cn2)c1N. The third-order valence-corrected chi connectivity index (χ3v) is 2.41. The minimum absolute atomic E-state index is 0.347. The van der Waals surface area contributed by atoms with E-state index in [4.69, 9.17) is 11.0 Å². The van der Waals surface area contributed by atoms with E-state index in [9.17, 15) is 0 Å². The van der Waals surface area contributed by atoms with E-state index >= 15 is 0 Å². The molecule has 0 spiro atoms. The Bertz CT molecular complexity index is 540. The third-order valence-electron chi connectivity index (χ3n) is 1.86. The molecule has 0 aliphatic rings. The van der Waals surface area contributed by atoms with E-state index < -0.39 is 0 Å². The number of rotatable bonds is 1. The Morgan fingerprint density at radius 1 is 1.53 bits per heavy atom. The monoisotopic (exact) mass is 311 g/mol. The van der Waals surface area contributed by atoms with Crippen molar-refractivity contribution in [3.63, 3.8) is 0 Å². The van der Waals surface area contributed by atoms with Gasteiger partial charge in [-0.1, -0.05) is 0 Å². The van der Waals surface area contributed by atoms with E-state index in [1.54, 1.807) is 29.3 Å². The number of nitriles is 1. The Morgan fingerprint density at radius 3 is 2.93 bits per heavy atom. The highest BCUT2D eigenvalue weighted by molar-refractivity contribution is 14.1. The van der Waals surface area contributed by atoms with Crippen LogP contribution in [0.3, 0.4) is 0 Å². The Hall–Kier alpha value is -1.62. The maximum atomic E-state index is 8.81. The maximum absolute atomic E-state index is 8.81. The summed E-state index contributed by atoms with van der Waals surface area (Å²) < 4.78 is 2.54. The van der Waals surface area contributed by atoms with Crippen LogP contribution in [0.2, 0.25) is 0 Å². The van der Waals surface area contributed by atoms with Gasteiger partial charge >= 0.3 is 0 Å². The van der Waals surface area contributed by atoms with E-state index in [-0.39, 0.29) is 0 Å². The van der Waals surface area contributed by atoms with Crippen LogP contribution in [0.5, 0.6) is 0 Å². The Kier molecular flexibility index (Phi) is 2.55. The van der Waals surface area contributed by atoms with Gasteiger partial charge in [-0.3, -0.25) is 0 Å². The molecule has 0 amide bonds. The Labute approximate surface area is 99.7 Å². The summed E-state index contributed by atoms with van der Waals surface area (Å²) in [6.07, 6.45) is 5.03. The molecule has 0 aliphatic carbocycles. The summed E-state index contributed by atoms with van der Waals surface area (Å²) in [7, 11) is 0. The second-order valence-corrected chi connectivity index (χ2v) is 4.06. The number of aromatic nitrogens is 3. The van der Waals surface area contributed by atoms with Crippen molar-refractivity contribution >= 4 is 28.3 Å². The molecule has 2 heterocycles. The number of anilines is 1. The molecule has 15 heavy (non-hydrogen) atoms. The molecule has 0 saturated carbocycles. The fourth-order valence-electron chi connectivity index (χ4n) is 1.16. The summed E-state index contributed by atoms with van der Waals surface area (Å²) in [6, 6.07) is 3.58. The first kappa shape index (κ1) is 9.92. The average Bonchev–Trinajstić information content (AvgIpc) is 2.65. The number of pyridine rings is 1. The number of halogens is 1. The van der Waals surface area contributed by atoms with Gasteiger partial charge in [0.2, 0.25) is 0 Å². The highest BCUT2D eigenvalue weighted by Crippen LogP contribution is 2.18. The van der Waals surface area contributed by atoms with Gasteiger partial charge in [0, 0.05) is 12.4 Å². The van der Waals surface area contributed by atoms with Crippen molar-refractivity contribution in [2.24, 2.45) is 0 Å². The van der Waals surface area contributed by atoms with Crippen molar-refractivity contribution in [3.05, 3.63) is 33.8 Å². The van der Waals surface area contributed by atoms with Gasteiger partial charge in [0.25, 0.3) is 0 Å². The van der Waals surface area contributed by atoms with Gasteiger partial charge < -0.3 is 5.73 Å². The van der Waals surface area contributed by atoms with Crippen LogP contribution >= 0.6 is 22.6 Å². The van der Waals surface area contributed by atoms with Crippen molar-refractivity contribution in [2.75, 3.05) is 5.73 Å². The van der Waals surface area contributed by atoms with Crippen molar-refractivity contribution in [1.29, 1.82) is 5.26 Å². The molecule has 0 bridgehead atoms. The Morgan fingerprint density at radius 2 is 2.33 bits per heavy atom. The van der Waals surface area contributed by atoms with Crippen molar-refractivity contribution < 1.29 is 0 Å². The standard InChI is InChI=1S/C9H6IN5/c10-7-4-14-15(5-7)9-8(12)6(3-11)1-2-13-9/h1-2,4-5H,12H2. The first-order valence-corrected chi connectivity index (χ1v) is 5.15. The van der Waals surface area contributed by atoms with Crippen LogP contribution in [-0.2, 0) is 0 Å². The van der Waals surface area contributed by atoms with Gasteiger partial charge in [0.15, 0.2) is 5.82 Å². The zero-order valence-electron chi connectivity index (χ0n) is 7.55. The van der Waals surface area contributed by atoms with Crippen molar-refractivity contribution in [1.82, 2.24) is 14.8 Å². The summed E-state index contributed by atoms with van der Waals surface area (Å²) in [4.78, 5) is 4.09. The molecule has 6 heteroatoms. The zero-order chi connectivity index (χ0) is 10.8. The minimum Gasteiger partial charge on any atom is -0.395 e. The fourth-order valence-corrected chi connectivity index (χ4v) is 1.55. The Balaban J connectivity index is 2.59. The zero-order valence-corrected chi connectivity index (χ0v) is 9.71. The molecule has 0 radical (unpaired) electrons. The molecule has 2 aromatic rings. The molecule has 2 aromatic heterocycles. The van der Waals surface area contributed by atoms with Crippen LogP contribution in [-0.4, -0.2) is 14.8 Å². The van der Waals surface area contributed by atoms with E-state index in [0.29, 0.717) is 17.1 Å². The van der Waals surface area contributed by atoms with Crippen molar-refractivity contribution in [2.45, 2.75) is 0 Å². The number of nitrogens with two attached hydrogens (primary N) is 1. The molecule has 2 rings (SSSR count). The highest BCUT2D eigenvalue weighted by Gasteiger charge is 2.08. The third kappa shape index (κ3) is 1.78. The number of nitrogen functional groups attached to an aromatic ring is 1. The first-order chi connectivity index (χ1) is 7.22. The number of hydrogen-bond acceptors (Lipinski definition) is 4. The van der Waals surface area contributed by atoms with E-state index in [2.05, 4.69) is 32.7 Å². The first-order valence-electron chi connectivity index (χ1n) is 4.07. The molecular formula is C9H6IN5. The summed E-state index contributed by atoms with van der Waals surface area (Å²) >= 11 is 2.14. The van der Waals surface area contributed by atoms with Gasteiger partial charge in [-0.05, 0) is 28.7 Å². The summed E-state index contributed by atoms with van der Waals surface area (Å²) in [5.74, 6) is 0.483. The van der Waals surface area contributed by atoms with Gasteiger partial charge in [-0.2, -0.15) is 10.4 Å². The molecule has 0 aromatic carbocycles. The second-order valence-electron chi connectivity index (χ2n) is 2.81. The molecule has 0 saturated heterocycles. The smallest absolute Gasteiger partial charge is 0.177 e. The molecule has 0 fully saturated rings. The quantitative estimate of drug-likeness (QED) is 0.806. The van der Waals surface area contributed by atoms with Gasteiger partial charge in [-0.25, -0.2) is 9.67 Å². The average molecular weight is 311 g/mol. The van der Waals surface area contributed by atoms with E-state index in [1.807, 2.05) is 6.07 Å².